The quantitative estimate of drug-likeness (QED) is 0.154. The van der Waals surface area contributed by atoms with Crippen molar-refractivity contribution in [1.82, 2.24) is 5.43 Å². The number of halogens is 1. The van der Waals surface area contributed by atoms with Crippen molar-refractivity contribution in [2.45, 2.75) is 6.92 Å². The van der Waals surface area contributed by atoms with Gasteiger partial charge in [0.1, 0.15) is 16.4 Å². The first-order valence-electron chi connectivity index (χ1n) is 10.1. The van der Waals surface area contributed by atoms with Gasteiger partial charge in [0.2, 0.25) is 0 Å². The fourth-order valence-corrected chi connectivity index (χ4v) is 4.51. The molecule has 0 radical (unpaired) electrons. The zero-order valence-corrected chi connectivity index (χ0v) is 19.2. The third-order valence-electron chi connectivity index (χ3n) is 4.64. The third kappa shape index (κ3) is 5.05. The number of carbonyl (C=O) groups excluding carboxylic acids is 2. The molecular weight excluding hydrogens is 460 g/mol. The number of carbonyl (C=O) groups is 2. The van der Waals surface area contributed by atoms with Gasteiger partial charge < -0.3 is 9.47 Å². The van der Waals surface area contributed by atoms with Gasteiger partial charge in [-0.15, -0.1) is 11.3 Å². The molecule has 8 heteroatoms. The van der Waals surface area contributed by atoms with E-state index in [1.807, 2.05) is 31.2 Å². The van der Waals surface area contributed by atoms with Crippen molar-refractivity contribution in [3.63, 3.8) is 0 Å². The summed E-state index contributed by atoms with van der Waals surface area (Å²) < 4.78 is 12.0. The van der Waals surface area contributed by atoms with Gasteiger partial charge in [-0.05, 0) is 37.3 Å². The van der Waals surface area contributed by atoms with Gasteiger partial charge >= 0.3 is 5.97 Å². The summed E-state index contributed by atoms with van der Waals surface area (Å²) in [6.45, 7) is 2.28. The number of amides is 1. The van der Waals surface area contributed by atoms with Crippen molar-refractivity contribution in [3.05, 3.63) is 93.8 Å². The Kier molecular flexibility index (Phi) is 7.02. The first-order chi connectivity index (χ1) is 16.1. The maximum Gasteiger partial charge on any atom is 0.355 e. The Morgan fingerprint density at radius 1 is 1.00 bits per heavy atom. The minimum atomic E-state index is -0.559. The SMILES string of the molecule is CCOc1ccccc1C(=O)NN=Cc1ccccc1OC(=O)c1sc2ccccc2c1Cl. The zero-order chi connectivity index (χ0) is 23.2. The van der Waals surface area contributed by atoms with E-state index in [0.717, 1.165) is 10.1 Å². The van der Waals surface area contributed by atoms with Crippen molar-refractivity contribution >= 4 is 51.1 Å². The lowest BCUT2D eigenvalue weighted by atomic mass is 10.2. The second-order valence-electron chi connectivity index (χ2n) is 6.80. The van der Waals surface area contributed by atoms with Crippen LogP contribution in [0.5, 0.6) is 11.5 Å². The molecule has 0 bridgehead atoms. The zero-order valence-electron chi connectivity index (χ0n) is 17.6. The normalized spacial score (nSPS) is 11.0. The third-order valence-corrected chi connectivity index (χ3v) is 6.30. The van der Waals surface area contributed by atoms with E-state index in [0.29, 0.717) is 39.1 Å². The van der Waals surface area contributed by atoms with Crippen LogP contribution in [0.2, 0.25) is 5.02 Å². The number of hydrazone groups is 1. The first-order valence-corrected chi connectivity index (χ1v) is 11.3. The van der Waals surface area contributed by atoms with Crippen molar-refractivity contribution in [2.75, 3.05) is 6.61 Å². The summed E-state index contributed by atoms with van der Waals surface area (Å²) in [5, 5.41) is 5.19. The maximum atomic E-state index is 12.8. The second kappa shape index (κ2) is 10.3. The van der Waals surface area contributed by atoms with Gasteiger partial charge in [0.05, 0.1) is 23.4 Å². The predicted molar refractivity (Wildman–Crippen MR) is 131 cm³/mol. The molecule has 0 saturated heterocycles. The van der Waals surface area contributed by atoms with Crippen LogP contribution in [0, 0.1) is 0 Å². The van der Waals surface area contributed by atoms with Crippen LogP contribution in [-0.2, 0) is 0 Å². The number of fused-ring (bicyclic) bond motifs is 1. The first kappa shape index (κ1) is 22.5. The number of hydrogen-bond donors (Lipinski definition) is 1. The van der Waals surface area contributed by atoms with Crippen LogP contribution in [-0.4, -0.2) is 24.7 Å². The number of para-hydroxylation sites is 2. The molecule has 0 spiro atoms. The molecule has 1 N–H and O–H groups in total. The van der Waals surface area contributed by atoms with Gasteiger partial charge in [-0.3, -0.25) is 4.79 Å². The van der Waals surface area contributed by atoms with Crippen molar-refractivity contribution in [1.29, 1.82) is 0 Å². The molecule has 1 heterocycles. The highest BCUT2D eigenvalue weighted by Crippen LogP contribution is 2.36. The summed E-state index contributed by atoms with van der Waals surface area (Å²) in [4.78, 5) is 25.6. The average molecular weight is 479 g/mol. The number of benzene rings is 3. The summed E-state index contributed by atoms with van der Waals surface area (Å²) >= 11 is 7.67. The number of nitrogens with one attached hydrogen (secondary N) is 1. The van der Waals surface area contributed by atoms with Gasteiger partial charge in [-0.2, -0.15) is 5.10 Å². The van der Waals surface area contributed by atoms with Crippen LogP contribution >= 0.6 is 22.9 Å². The molecule has 3 aromatic carbocycles. The van der Waals surface area contributed by atoms with E-state index < -0.39 is 11.9 Å². The number of hydrogen-bond acceptors (Lipinski definition) is 6. The monoisotopic (exact) mass is 478 g/mol. The molecule has 0 unspecified atom stereocenters. The van der Waals surface area contributed by atoms with E-state index in [1.54, 1.807) is 48.5 Å². The van der Waals surface area contributed by atoms with E-state index >= 15 is 0 Å². The lowest BCUT2D eigenvalue weighted by Crippen LogP contribution is -2.18. The number of esters is 1. The largest absolute Gasteiger partial charge is 0.493 e. The number of nitrogens with zero attached hydrogens (tertiary/aromatic N) is 1. The van der Waals surface area contributed by atoms with Crippen LogP contribution in [0.4, 0.5) is 0 Å². The summed E-state index contributed by atoms with van der Waals surface area (Å²) in [7, 11) is 0. The van der Waals surface area contributed by atoms with Crippen LogP contribution in [0.3, 0.4) is 0 Å². The molecule has 1 aromatic heterocycles. The standard InChI is InChI=1S/C25H19ClN2O4S/c1-2-31-20-13-7-4-10-17(20)24(29)28-27-15-16-9-3-6-12-19(16)32-25(30)23-22(26)18-11-5-8-14-21(18)33-23/h3-15H,2H2,1H3,(H,28,29). The molecule has 166 valence electrons. The highest BCUT2D eigenvalue weighted by Gasteiger charge is 2.20. The van der Waals surface area contributed by atoms with Crippen molar-refractivity contribution in [2.24, 2.45) is 5.10 Å². The smallest absolute Gasteiger partial charge is 0.355 e. The van der Waals surface area contributed by atoms with E-state index in [2.05, 4.69) is 10.5 Å². The van der Waals surface area contributed by atoms with E-state index in [1.165, 1.54) is 17.6 Å². The lowest BCUT2D eigenvalue weighted by Gasteiger charge is -2.08. The van der Waals surface area contributed by atoms with E-state index in [9.17, 15) is 9.59 Å². The molecule has 4 rings (SSSR count). The fraction of sp³-hybridized carbons (Fsp3) is 0.0800. The van der Waals surface area contributed by atoms with E-state index in [4.69, 9.17) is 21.1 Å². The van der Waals surface area contributed by atoms with Crippen molar-refractivity contribution < 1.29 is 19.1 Å². The Hall–Kier alpha value is -3.68. The molecule has 0 aliphatic carbocycles. The van der Waals surface area contributed by atoms with Crippen LogP contribution in [0.1, 0.15) is 32.5 Å². The Morgan fingerprint density at radius 3 is 2.48 bits per heavy atom. The molecule has 4 aromatic rings. The Balaban J connectivity index is 1.49. The van der Waals surface area contributed by atoms with Crippen LogP contribution in [0.15, 0.2) is 77.9 Å². The maximum absolute atomic E-state index is 12.8. The average Bonchev–Trinajstić information content (AvgIpc) is 3.17. The Morgan fingerprint density at radius 2 is 1.70 bits per heavy atom. The van der Waals surface area contributed by atoms with Gasteiger partial charge in [0.25, 0.3) is 5.91 Å². The number of rotatable bonds is 7. The summed E-state index contributed by atoms with van der Waals surface area (Å²) in [6.07, 6.45) is 1.41. The summed E-state index contributed by atoms with van der Waals surface area (Å²) in [5.74, 6) is -0.204. The molecule has 0 fully saturated rings. The molecule has 0 aliphatic rings. The topological polar surface area (TPSA) is 77.0 Å². The molecule has 0 atom stereocenters. The Labute approximate surface area is 199 Å². The minimum absolute atomic E-state index is 0.295. The molecular formula is C25H19ClN2O4S. The van der Waals surface area contributed by atoms with Gasteiger partial charge in [0, 0.05) is 15.6 Å². The number of ether oxygens (including phenoxy) is 2. The number of thiophene rings is 1. The minimum Gasteiger partial charge on any atom is -0.493 e. The molecule has 0 saturated carbocycles. The highest BCUT2D eigenvalue weighted by atomic mass is 35.5. The highest BCUT2D eigenvalue weighted by molar-refractivity contribution is 7.21. The molecule has 33 heavy (non-hydrogen) atoms. The molecule has 6 nitrogen and oxygen atoms in total. The Bertz CT molecular complexity index is 1350. The van der Waals surface area contributed by atoms with Gasteiger partial charge in [-0.1, -0.05) is 54.1 Å². The molecule has 1 amide bonds. The second-order valence-corrected chi connectivity index (χ2v) is 8.23. The molecule has 0 aliphatic heterocycles. The fourth-order valence-electron chi connectivity index (χ4n) is 3.13. The van der Waals surface area contributed by atoms with Crippen molar-refractivity contribution in [3.8, 4) is 11.5 Å². The van der Waals surface area contributed by atoms with Crippen LogP contribution in [0.25, 0.3) is 10.1 Å². The summed E-state index contributed by atoms with van der Waals surface area (Å²) in [6, 6.07) is 21.3. The van der Waals surface area contributed by atoms with Gasteiger partial charge in [0.15, 0.2) is 0 Å². The van der Waals surface area contributed by atoms with Gasteiger partial charge in [-0.25, -0.2) is 10.2 Å². The summed E-state index contributed by atoms with van der Waals surface area (Å²) in [5.41, 5.74) is 3.36. The predicted octanol–water partition coefficient (Wildman–Crippen LogP) is 5.94. The van der Waals surface area contributed by atoms with E-state index in [-0.39, 0.29) is 0 Å². The lowest BCUT2D eigenvalue weighted by molar-refractivity contribution is 0.0739. The van der Waals surface area contributed by atoms with Crippen LogP contribution < -0.4 is 14.9 Å².